The first-order valence-electron chi connectivity index (χ1n) is 8.20. The summed E-state index contributed by atoms with van der Waals surface area (Å²) < 4.78 is 11.1. The van der Waals surface area contributed by atoms with Crippen LogP contribution in [0.2, 0.25) is 5.02 Å². The maximum absolute atomic E-state index is 12.2. The summed E-state index contributed by atoms with van der Waals surface area (Å²) in [6, 6.07) is 10.8. The zero-order valence-corrected chi connectivity index (χ0v) is 15.1. The first-order valence-corrected chi connectivity index (χ1v) is 8.58. The fourth-order valence-corrected chi connectivity index (χ4v) is 2.85. The van der Waals surface area contributed by atoms with Gasteiger partial charge in [0.2, 0.25) is 0 Å². The molecule has 0 aliphatic carbocycles. The number of carbonyl (C=O) groups is 1. The van der Waals surface area contributed by atoms with Gasteiger partial charge in [-0.05, 0) is 41.8 Å². The molecular formula is C19H19ClN2O4. The van der Waals surface area contributed by atoms with E-state index >= 15 is 0 Å². The third kappa shape index (κ3) is 4.46. The smallest absolute Gasteiger partial charge is 0.251 e. The molecule has 7 heteroatoms. The fourth-order valence-electron chi connectivity index (χ4n) is 2.57. The second kappa shape index (κ2) is 8.58. The Morgan fingerprint density at radius 1 is 1.27 bits per heavy atom. The number of nitrogens with one attached hydrogen (secondary N) is 1. The summed E-state index contributed by atoms with van der Waals surface area (Å²) in [6.45, 7) is 1.49. The van der Waals surface area contributed by atoms with Gasteiger partial charge in [0, 0.05) is 12.1 Å². The Labute approximate surface area is 156 Å². The van der Waals surface area contributed by atoms with Crippen molar-refractivity contribution < 1.29 is 19.1 Å². The number of halogens is 1. The molecule has 0 atom stereocenters. The minimum absolute atomic E-state index is 0.135. The lowest BCUT2D eigenvalue weighted by Crippen LogP contribution is -2.25. The van der Waals surface area contributed by atoms with Crippen LogP contribution in [0, 0.1) is 0 Å². The van der Waals surface area contributed by atoms with E-state index in [-0.39, 0.29) is 5.91 Å². The summed E-state index contributed by atoms with van der Waals surface area (Å²) in [7, 11) is 1.48. The van der Waals surface area contributed by atoms with Crippen LogP contribution in [0.25, 0.3) is 0 Å². The zero-order valence-electron chi connectivity index (χ0n) is 14.3. The average molecular weight is 375 g/mol. The predicted molar refractivity (Wildman–Crippen MR) is 99.5 cm³/mol. The molecule has 2 aromatic rings. The molecule has 6 nitrogen and oxygen atoms in total. The molecule has 0 fully saturated rings. The van der Waals surface area contributed by atoms with Gasteiger partial charge in [-0.2, -0.15) is 0 Å². The van der Waals surface area contributed by atoms with Crippen LogP contribution in [0.3, 0.4) is 0 Å². The number of nitrogens with zero attached hydrogens (tertiary/aromatic N) is 1. The highest BCUT2D eigenvalue weighted by molar-refractivity contribution is 6.32. The van der Waals surface area contributed by atoms with E-state index in [1.807, 2.05) is 12.1 Å². The third-order valence-corrected chi connectivity index (χ3v) is 4.12. The van der Waals surface area contributed by atoms with Gasteiger partial charge in [0.05, 0.1) is 11.2 Å². The van der Waals surface area contributed by atoms with Gasteiger partial charge in [0.1, 0.15) is 20.3 Å². The van der Waals surface area contributed by atoms with Crippen LogP contribution in [0.4, 0.5) is 0 Å². The second-order valence-electron chi connectivity index (χ2n) is 5.65. The van der Waals surface area contributed by atoms with Gasteiger partial charge >= 0.3 is 0 Å². The maximum Gasteiger partial charge on any atom is 0.251 e. The Morgan fingerprint density at radius 2 is 2.04 bits per heavy atom. The van der Waals surface area contributed by atoms with Crippen LogP contribution in [0.5, 0.6) is 11.5 Å². The molecule has 1 heterocycles. The number of hydrogen-bond acceptors (Lipinski definition) is 5. The molecule has 0 unspecified atom stereocenters. The molecule has 0 bridgehead atoms. The normalized spacial score (nSPS) is 12.8. The van der Waals surface area contributed by atoms with Crippen molar-refractivity contribution in [2.45, 2.75) is 6.42 Å². The molecule has 0 aromatic heterocycles. The number of ether oxygens (including phenoxy) is 2. The first-order chi connectivity index (χ1) is 12.7. The first kappa shape index (κ1) is 18.1. The number of oxime groups is 1. The highest BCUT2D eigenvalue weighted by Gasteiger charge is 2.16. The molecule has 0 radical (unpaired) electrons. The minimum atomic E-state index is -0.135. The summed E-state index contributed by atoms with van der Waals surface area (Å²) in [6.07, 6.45) is 2.22. The van der Waals surface area contributed by atoms with Crippen LogP contribution in [0.15, 0.2) is 41.6 Å². The summed E-state index contributed by atoms with van der Waals surface area (Å²) in [5.74, 6) is 1.10. The maximum atomic E-state index is 12.2. The highest BCUT2D eigenvalue weighted by atomic mass is 35.5. The Balaban J connectivity index is 1.55. The van der Waals surface area contributed by atoms with Crippen molar-refractivity contribution in [2.24, 2.45) is 5.16 Å². The Morgan fingerprint density at radius 3 is 2.81 bits per heavy atom. The van der Waals surface area contributed by atoms with E-state index < -0.39 is 0 Å². The second-order valence-corrected chi connectivity index (χ2v) is 6.05. The van der Waals surface area contributed by atoms with Crippen molar-refractivity contribution in [1.29, 1.82) is 0 Å². The zero-order chi connectivity index (χ0) is 18.4. The van der Waals surface area contributed by atoms with Gasteiger partial charge < -0.3 is 19.6 Å². The molecule has 0 saturated carbocycles. The standard InChI is InChI=1S/C19H19ClN2O4/c1-24-22-12-13-2-4-15(5-3-13)19(23)21-7-6-14-10-16(20)18-17(11-14)25-8-9-26-18/h2-5,10-12H,6-9H2,1H3,(H,21,23)/b22-12+. The third-order valence-electron chi connectivity index (χ3n) is 3.84. The topological polar surface area (TPSA) is 69.2 Å². The van der Waals surface area contributed by atoms with Crippen molar-refractivity contribution >= 4 is 23.7 Å². The van der Waals surface area contributed by atoms with Gasteiger partial charge in [-0.15, -0.1) is 0 Å². The minimum Gasteiger partial charge on any atom is -0.486 e. The molecule has 26 heavy (non-hydrogen) atoms. The van der Waals surface area contributed by atoms with E-state index in [4.69, 9.17) is 21.1 Å². The van der Waals surface area contributed by atoms with Gasteiger partial charge in [-0.3, -0.25) is 4.79 Å². The summed E-state index contributed by atoms with van der Waals surface area (Å²) in [5, 5.41) is 7.10. The molecule has 1 aliphatic rings. The van der Waals surface area contributed by atoms with E-state index in [1.165, 1.54) is 7.11 Å². The van der Waals surface area contributed by atoms with Gasteiger partial charge in [0.15, 0.2) is 11.5 Å². The Hall–Kier alpha value is -2.73. The number of fused-ring (bicyclic) bond motifs is 1. The number of hydrogen-bond donors (Lipinski definition) is 1. The fraction of sp³-hybridized carbons (Fsp3) is 0.263. The molecule has 1 aliphatic heterocycles. The van der Waals surface area contributed by atoms with Crippen LogP contribution in [-0.2, 0) is 11.3 Å². The average Bonchev–Trinajstić information content (AvgIpc) is 2.67. The monoisotopic (exact) mass is 374 g/mol. The molecule has 0 saturated heterocycles. The Bertz CT molecular complexity index is 806. The lowest BCUT2D eigenvalue weighted by atomic mass is 10.1. The molecule has 0 spiro atoms. The van der Waals surface area contributed by atoms with E-state index in [1.54, 1.807) is 30.5 Å². The molecule has 136 valence electrons. The van der Waals surface area contributed by atoms with Crippen molar-refractivity contribution in [2.75, 3.05) is 26.9 Å². The van der Waals surface area contributed by atoms with Gasteiger partial charge in [-0.1, -0.05) is 28.9 Å². The quantitative estimate of drug-likeness (QED) is 0.623. The van der Waals surface area contributed by atoms with Gasteiger partial charge in [-0.25, -0.2) is 0 Å². The predicted octanol–water partition coefficient (Wildman–Crippen LogP) is 3.06. The lowest BCUT2D eigenvalue weighted by molar-refractivity contribution is 0.0954. The highest BCUT2D eigenvalue weighted by Crippen LogP contribution is 2.38. The van der Waals surface area contributed by atoms with Crippen molar-refractivity contribution in [3.8, 4) is 11.5 Å². The number of carbonyl (C=O) groups excluding carboxylic acids is 1. The summed E-state index contributed by atoms with van der Waals surface area (Å²) in [4.78, 5) is 16.8. The van der Waals surface area contributed by atoms with Crippen molar-refractivity contribution in [3.05, 3.63) is 58.1 Å². The number of rotatable bonds is 6. The van der Waals surface area contributed by atoms with Crippen molar-refractivity contribution in [3.63, 3.8) is 0 Å². The molecule has 1 amide bonds. The summed E-state index contributed by atoms with van der Waals surface area (Å²) in [5.41, 5.74) is 2.42. The lowest BCUT2D eigenvalue weighted by Gasteiger charge is -2.20. The molecular weight excluding hydrogens is 356 g/mol. The Kier molecular flexibility index (Phi) is 5.96. The SMILES string of the molecule is CO/N=C/c1ccc(C(=O)NCCc2cc(Cl)c3c(c2)OCCO3)cc1. The largest absolute Gasteiger partial charge is 0.486 e. The number of amides is 1. The van der Waals surface area contributed by atoms with Crippen LogP contribution in [0.1, 0.15) is 21.5 Å². The van der Waals surface area contributed by atoms with Crippen LogP contribution < -0.4 is 14.8 Å². The van der Waals surface area contributed by atoms with Crippen LogP contribution in [-0.4, -0.2) is 39.0 Å². The number of benzene rings is 2. The van der Waals surface area contributed by atoms with Crippen molar-refractivity contribution in [1.82, 2.24) is 5.32 Å². The summed E-state index contributed by atoms with van der Waals surface area (Å²) >= 11 is 6.22. The van der Waals surface area contributed by atoms with E-state index in [0.717, 1.165) is 11.1 Å². The molecule has 2 aromatic carbocycles. The molecule has 3 rings (SSSR count). The van der Waals surface area contributed by atoms with E-state index in [0.29, 0.717) is 48.3 Å². The van der Waals surface area contributed by atoms with Gasteiger partial charge in [0.25, 0.3) is 5.91 Å². The molecule has 1 N–H and O–H groups in total. The van der Waals surface area contributed by atoms with Crippen LogP contribution >= 0.6 is 11.6 Å². The van der Waals surface area contributed by atoms with E-state index in [2.05, 4.69) is 15.3 Å². The van der Waals surface area contributed by atoms with E-state index in [9.17, 15) is 4.79 Å².